The summed E-state index contributed by atoms with van der Waals surface area (Å²) >= 11 is 0. The Morgan fingerprint density at radius 3 is 2.55 bits per heavy atom. The van der Waals surface area contributed by atoms with Gasteiger partial charge >= 0.3 is 5.97 Å². The summed E-state index contributed by atoms with van der Waals surface area (Å²) in [6.07, 6.45) is 4.91. The Bertz CT molecular complexity index is 990. The van der Waals surface area contributed by atoms with Crippen molar-refractivity contribution in [2.45, 2.75) is 45.6 Å². The van der Waals surface area contributed by atoms with Crippen molar-refractivity contribution in [1.29, 1.82) is 0 Å². The maximum Gasteiger partial charge on any atom is 0.308 e. The Hall–Kier alpha value is -3.16. The van der Waals surface area contributed by atoms with Gasteiger partial charge in [0.25, 0.3) is 5.91 Å². The van der Waals surface area contributed by atoms with E-state index >= 15 is 0 Å². The molecule has 0 unspecified atom stereocenters. The van der Waals surface area contributed by atoms with Gasteiger partial charge in [0.15, 0.2) is 0 Å². The normalized spacial score (nSPS) is 18.8. The molecule has 1 saturated carbocycles. The summed E-state index contributed by atoms with van der Waals surface area (Å²) in [5, 5.41) is 6.26. The molecule has 0 radical (unpaired) electrons. The van der Waals surface area contributed by atoms with Crippen molar-refractivity contribution in [3.8, 4) is 5.75 Å². The first-order valence-corrected chi connectivity index (χ1v) is 11.2. The number of carbonyl (C=O) groups is 2. The number of halogens is 1. The smallest absolute Gasteiger partial charge is 0.308 e. The Morgan fingerprint density at radius 2 is 1.91 bits per heavy atom. The molecule has 0 spiro atoms. The predicted octanol–water partition coefficient (Wildman–Crippen LogP) is 4.42. The van der Waals surface area contributed by atoms with Gasteiger partial charge in [-0.05, 0) is 75.3 Å². The lowest BCUT2D eigenvalue weighted by atomic mass is 9.82. The van der Waals surface area contributed by atoms with Crippen molar-refractivity contribution in [2.75, 3.05) is 26.1 Å². The molecular weight excluding hydrogens is 425 g/mol. The molecule has 1 atom stereocenters. The van der Waals surface area contributed by atoms with Crippen LogP contribution in [0.3, 0.4) is 0 Å². The number of hydrogen-bond acceptors (Lipinski definition) is 6. The third-order valence-corrected chi connectivity index (χ3v) is 6.28. The Balaban J connectivity index is 1.56. The Morgan fingerprint density at radius 1 is 1.18 bits per heavy atom. The van der Waals surface area contributed by atoms with Crippen molar-refractivity contribution in [3.05, 3.63) is 53.0 Å². The van der Waals surface area contributed by atoms with Gasteiger partial charge in [-0.2, -0.15) is 0 Å². The molecule has 2 aromatic rings. The van der Waals surface area contributed by atoms with Crippen LogP contribution >= 0.6 is 0 Å². The van der Waals surface area contributed by atoms with E-state index in [2.05, 4.69) is 15.6 Å². The number of pyridine rings is 1. The molecule has 1 heterocycles. The minimum atomic E-state index is -0.338. The van der Waals surface area contributed by atoms with Crippen LogP contribution in [0, 0.1) is 24.6 Å². The Labute approximate surface area is 194 Å². The number of amides is 1. The van der Waals surface area contributed by atoms with Crippen molar-refractivity contribution in [2.24, 2.45) is 11.8 Å². The first-order chi connectivity index (χ1) is 15.8. The number of hydrogen-bond donors (Lipinski definition) is 2. The number of aromatic nitrogens is 1. The molecule has 8 heteroatoms. The van der Waals surface area contributed by atoms with Gasteiger partial charge < -0.3 is 20.1 Å². The zero-order chi connectivity index (χ0) is 24.0. The largest absolute Gasteiger partial charge is 0.496 e. The first-order valence-electron chi connectivity index (χ1n) is 11.2. The minimum Gasteiger partial charge on any atom is -0.496 e. The number of ether oxygens (including phenoxy) is 2. The van der Waals surface area contributed by atoms with Gasteiger partial charge in [0, 0.05) is 18.3 Å². The second-order valence-electron chi connectivity index (χ2n) is 8.59. The maximum absolute atomic E-state index is 13.7. The number of nitrogens with one attached hydrogen (secondary N) is 2. The highest BCUT2D eigenvalue weighted by molar-refractivity contribution is 5.94. The maximum atomic E-state index is 13.7. The number of benzene rings is 1. The van der Waals surface area contributed by atoms with Gasteiger partial charge in [-0.1, -0.05) is 0 Å². The lowest BCUT2D eigenvalue weighted by Gasteiger charge is -2.27. The molecular formula is C25H32FN3O4. The fourth-order valence-electron chi connectivity index (χ4n) is 4.28. The monoisotopic (exact) mass is 457 g/mol. The van der Waals surface area contributed by atoms with E-state index < -0.39 is 0 Å². The molecule has 1 fully saturated rings. The summed E-state index contributed by atoms with van der Waals surface area (Å²) in [5.41, 5.74) is 1.98. The van der Waals surface area contributed by atoms with Crippen LogP contribution in [0.15, 0.2) is 30.5 Å². The molecule has 2 N–H and O–H groups in total. The second kappa shape index (κ2) is 11.1. The molecule has 178 valence electrons. The first kappa shape index (κ1) is 24.5. The number of methoxy groups -OCH3 is 2. The van der Waals surface area contributed by atoms with Gasteiger partial charge in [0.1, 0.15) is 17.4 Å². The highest BCUT2D eigenvalue weighted by Gasteiger charge is 2.27. The van der Waals surface area contributed by atoms with E-state index in [1.165, 1.54) is 25.4 Å². The van der Waals surface area contributed by atoms with Crippen LogP contribution in [-0.2, 0) is 9.53 Å². The van der Waals surface area contributed by atoms with Crippen LogP contribution in [0.4, 0.5) is 10.2 Å². The van der Waals surface area contributed by atoms with E-state index in [1.54, 1.807) is 19.2 Å². The number of esters is 1. The highest BCUT2D eigenvalue weighted by Crippen LogP contribution is 2.30. The third kappa shape index (κ3) is 6.21. The van der Waals surface area contributed by atoms with Crippen molar-refractivity contribution in [3.63, 3.8) is 0 Å². The van der Waals surface area contributed by atoms with Crippen LogP contribution < -0.4 is 15.4 Å². The van der Waals surface area contributed by atoms with Gasteiger partial charge in [-0.25, -0.2) is 9.37 Å². The van der Waals surface area contributed by atoms with Crippen molar-refractivity contribution >= 4 is 17.7 Å². The quantitative estimate of drug-likeness (QED) is 0.571. The van der Waals surface area contributed by atoms with Crippen LogP contribution in [0.2, 0.25) is 0 Å². The fraction of sp³-hybridized carbons (Fsp3) is 0.480. The Kier molecular flexibility index (Phi) is 8.25. The second-order valence-corrected chi connectivity index (χ2v) is 8.59. The van der Waals surface area contributed by atoms with E-state index in [0.29, 0.717) is 35.2 Å². The zero-order valence-electron chi connectivity index (χ0n) is 19.6. The van der Waals surface area contributed by atoms with Crippen LogP contribution in [-0.4, -0.2) is 37.6 Å². The SMILES string of the molecule is COC(=O)C1CCC(CNC(=O)c2cnc(N[C@@H](C)c3cc(F)ccc3OC)c(C)c2)CC1. The minimum absolute atomic E-state index is 0.0245. The van der Waals surface area contributed by atoms with Gasteiger partial charge in [-0.3, -0.25) is 9.59 Å². The highest BCUT2D eigenvalue weighted by atomic mass is 19.1. The molecule has 33 heavy (non-hydrogen) atoms. The van der Waals surface area contributed by atoms with E-state index in [4.69, 9.17) is 9.47 Å². The van der Waals surface area contributed by atoms with E-state index in [1.807, 2.05) is 13.8 Å². The average Bonchev–Trinajstić information content (AvgIpc) is 2.83. The van der Waals surface area contributed by atoms with Crippen molar-refractivity contribution < 1.29 is 23.5 Å². The third-order valence-electron chi connectivity index (χ3n) is 6.28. The lowest BCUT2D eigenvalue weighted by molar-refractivity contribution is -0.146. The topological polar surface area (TPSA) is 89.5 Å². The summed E-state index contributed by atoms with van der Waals surface area (Å²) < 4.78 is 23.9. The molecule has 1 aromatic carbocycles. The summed E-state index contributed by atoms with van der Waals surface area (Å²) in [4.78, 5) is 28.7. The van der Waals surface area contributed by atoms with Gasteiger partial charge in [0.05, 0.1) is 31.7 Å². The summed E-state index contributed by atoms with van der Waals surface area (Å²) in [5.74, 6) is 0.882. The molecule has 0 saturated heterocycles. The summed E-state index contributed by atoms with van der Waals surface area (Å²) in [6.45, 7) is 4.34. The van der Waals surface area contributed by atoms with E-state index in [-0.39, 0.29) is 29.7 Å². The van der Waals surface area contributed by atoms with Gasteiger partial charge in [-0.15, -0.1) is 0 Å². The fourth-order valence-corrected chi connectivity index (χ4v) is 4.28. The lowest BCUT2D eigenvalue weighted by Crippen LogP contribution is -2.32. The number of nitrogens with zero attached hydrogens (tertiary/aromatic N) is 1. The number of aryl methyl sites for hydroxylation is 1. The zero-order valence-corrected chi connectivity index (χ0v) is 19.6. The molecule has 1 aliphatic rings. The van der Waals surface area contributed by atoms with Crippen molar-refractivity contribution in [1.82, 2.24) is 10.3 Å². The molecule has 7 nitrogen and oxygen atoms in total. The number of anilines is 1. The molecule has 0 aliphatic heterocycles. The van der Waals surface area contributed by atoms with Crippen LogP contribution in [0.1, 0.15) is 60.1 Å². The molecule has 3 rings (SSSR count). The number of carbonyl (C=O) groups excluding carboxylic acids is 2. The summed E-state index contributed by atoms with van der Waals surface area (Å²) in [7, 11) is 2.97. The van der Waals surface area contributed by atoms with E-state index in [0.717, 1.165) is 31.2 Å². The molecule has 1 aromatic heterocycles. The van der Waals surface area contributed by atoms with Gasteiger partial charge in [0.2, 0.25) is 0 Å². The van der Waals surface area contributed by atoms with E-state index in [9.17, 15) is 14.0 Å². The molecule has 1 amide bonds. The van der Waals surface area contributed by atoms with Crippen LogP contribution in [0.25, 0.3) is 0 Å². The summed E-state index contributed by atoms with van der Waals surface area (Å²) in [6, 6.07) is 5.93. The van der Waals surface area contributed by atoms with Crippen LogP contribution in [0.5, 0.6) is 5.75 Å². The number of rotatable bonds is 8. The standard InChI is InChI=1S/C25H32FN3O4/c1-15-11-19(24(30)28-13-17-5-7-18(8-6-17)25(31)33-4)14-27-23(15)29-16(2)21-12-20(26)9-10-22(21)32-3/h9-12,14,16-18H,5-8,13H2,1-4H3,(H,27,29)(H,28,30)/t16-,17?,18?/m0/s1. The molecule has 0 bridgehead atoms. The molecule has 1 aliphatic carbocycles. The average molecular weight is 458 g/mol. The predicted molar refractivity (Wildman–Crippen MR) is 124 cm³/mol.